The lowest BCUT2D eigenvalue weighted by atomic mass is 10.1. The van der Waals surface area contributed by atoms with Gasteiger partial charge >= 0.3 is 0 Å². The molecule has 0 N–H and O–H groups in total. The van der Waals surface area contributed by atoms with E-state index in [0.717, 1.165) is 22.8 Å². The number of nitrogens with zero attached hydrogens (tertiary/aromatic N) is 2. The molecule has 2 aromatic heterocycles. The van der Waals surface area contributed by atoms with E-state index < -0.39 is 0 Å². The Labute approximate surface area is 169 Å². The number of pyridine rings is 1. The van der Waals surface area contributed by atoms with Crippen molar-refractivity contribution in [1.29, 1.82) is 0 Å². The van der Waals surface area contributed by atoms with Crippen LogP contribution in [0.5, 0.6) is 0 Å². The van der Waals surface area contributed by atoms with Gasteiger partial charge in [0.15, 0.2) is 0 Å². The van der Waals surface area contributed by atoms with Gasteiger partial charge in [-0.25, -0.2) is 0 Å². The highest BCUT2D eigenvalue weighted by atomic mass is 35.5. The number of aryl methyl sites for hydroxylation is 1. The second kappa shape index (κ2) is 7.41. The smallest absolute Gasteiger partial charge is 0.0945 e. The number of aromatic nitrogens is 2. The minimum atomic E-state index is 0.764. The van der Waals surface area contributed by atoms with Crippen LogP contribution in [0.15, 0.2) is 65.7 Å². The van der Waals surface area contributed by atoms with Crippen molar-refractivity contribution in [2.24, 2.45) is 0 Å². The molecule has 27 heavy (non-hydrogen) atoms. The van der Waals surface area contributed by atoms with Gasteiger partial charge in [0.25, 0.3) is 0 Å². The zero-order valence-corrected chi connectivity index (χ0v) is 17.2. The first kappa shape index (κ1) is 18.1. The van der Waals surface area contributed by atoms with Gasteiger partial charge in [0, 0.05) is 39.3 Å². The fraction of sp³-hybridized carbons (Fsp3) is 0.174. The van der Waals surface area contributed by atoms with Crippen LogP contribution in [0.3, 0.4) is 0 Å². The van der Waals surface area contributed by atoms with Crippen molar-refractivity contribution in [2.75, 3.05) is 6.26 Å². The Bertz CT molecular complexity index is 1100. The standard InChI is InChI=1S/C23H21ClN2S/c1-15-16(2)26(14-17-4-8-19(24)9-5-17)23-21(15)12-13-25-22(23)18-6-10-20(27-3)11-7-18/h4-13H,14H2,1-3H3. The van der Waals surface area contributed by atoms with Crippen LogP contribution in [0.1, 0.15) is 16.8 Å². The molecule has 2 nitrogen and oxygen atoms in total. The highest BCUT2D eigenvalue weighted by Crippen LogP contribution is 2.33. The van der Waals surface area contributed by atoms with Crippen molar-refractivity contribution in [1.82, 2.24) is 9.55 Å². The van der Waals surface area contributed by atoms with Crippen LogP contribution in [0, 0.1) is 13.8 Å². The number of fused-ring (bicyclic) bond motifs is 1. The average molecular weight is 393 g/mol. The summed E-state index contributed by atoms with van der Waals surface area (Å²) in [5, 5.41) is 2.03. The Morgan fingerprint density at radius 1 is 0.963 bits per heavy atom. The summed E-state index contributed by atoms with van der Waals surface area (Å²) >= 11 is 7.81. The average Bonchev–Trinajstić information content (AvgIpc) is 2.95. The molecule has 2 heterocycles. The van der Waals surface area contributed by atoms with E-state index in [2.05, 4.69) is 67.1 Å². The van der Waals surface area contributed by atoms with Crippen LogP contribution in [0.2, 0.25) is 5.02 Å². The lowest BCUT2D eigenvalue weighted by Crippen LogP contribution is -2.03. The van der Waals surface area contributed by atoms with Gasteiger partial charge in [0.1, 0.15) is 0 Å². The lowest BCUT2D eigenvalue weighted by Gasteiger charge is -2.12. The quantitative estimate of drug-likeness (QED) is 0.358. The molecule has 0 fully saturated rings. The Morgan fingerprint density at radius 2 is 1.67 bits per heavy atom. The molecule has 4 heteroatoms. The van der Waals surface area contributed by atoms with E-state index in [4.69, 9.17) is 16.6 Å². The van der Waals surface area contributed by atoms with E-state index in [1.165, 1.54) is 32.6 Å². The van der Waals surface area contributed by atoms with E-state index in [1.807, 2.05) is 18.3 Å². The van der Waals surface area contributed by atoms with Crippen LogP contribution in [0.25, 0.3) is 22.2 Å². The third-order valence-electron chi connectivity index (χ3n) is 5.16. The molecule has 0 saturated carbocycles. The van der Waals surface area contributed by atoms with Crippen molar-refractivity contribution in [3.8, 4) is 11.3 Å². The molecule has 0 aliphatic rings. The second-order valence-corrected chi connectivity index (χ2v) is 8.02. The van der Waals surface area contributed by atoms with Crippen molar-refractivity contribution >= 4 is 34.3 Å². The van der Waals surface area contributed by atoms with Crippen LogP contribution >= 0.6 is 23.4 Å². The predicted octanol–water partition coefficient (Wildman–Crippen LogP) is 6.74. The number of halogens is 1. The minimum absolute atomic E-state index is 0.764. The number of hydrogen-bond donors (Lipinski definition) is 0. The SMILES string of the molecule is CSc1ccc(-c2nccc3c(C)c(C)n(Cc4ccc(Cl)cc4)c23)cc1. The van der Waals surface area contributed by atoms with E-state index in [-0.39, 0.29) is 0 Å². The predicted molar refractivity (Wildman–Crippen MR) is 117 cm³/mol. The van der Waals surface area contributed by atoms with Crippen molar-refractivity contribution in [3.05, 3.63) is 82.6 Å². The maximum atomic E-state index is 6.06. The molecule has 0 saturated heterocycles. The molecule has 0 spiro atoms. The third-order valence-corrected chi connectivity index (χ3v) is 6.16. The molecule has 2 aromatic carbocycles. The molecular formula is C23H21ClN2S. The molecule has 0 bridgehead atoms. The topological polar surface area (TPSA) is 17.8 Å². The summed E-state index contributed by atoms with van der Waals surface area (Å²) in [6, 6.07) is 18.8. The Balaban J connectivity index is 1.90. The van der Waals surface area contributed by atoms with Crippen molar-refractivity contribution in [3.63, 3.8) is 0 Å². The van der Waals surface area contributed by atoms with Crippen molar-refractivity contribution < 1.29 is 0 Å². The van der Waals surface area contributed by atoms with Gasteiger partial charge in [-0.3, -0.25) is 4.98 Å². The Morgan fingerprint density at radius 3 is 2.33 bits per heavy atom. The summed E-state index contributed by atoms with van der Waals surface area (Å²) in [6.07, 6.45) is 4.01. The normalized spacial score (nSPS) is 11.3. The van der Waals surface area contributed by atoms with Gasteiger partial charge in [-0.15, -0.1) is 11.8 Å². The summed E-state index contributed by atoms with van der Waals surface area (Å²) in [5.74, 6) is 0. The molecule has 0 aliphatic heterocycles. The Hall–Kier alpha value is -2.23. The summed E-state index contributed by atoms with van der Waals surface area (Å²) in [5.41, 5.74) is 7.18. The molecule has 4 rings (SSSR count). The van der Waals surface area contributed by atoms with Crippen LogP contribution in [-0.2, 0) is 6.54 Å². The fourth-order valence-corrected chi connectivity index (χ4v) is 4.06. The first-order valence-electron chi connectivity index (χ1n) is 8.91. The maximum absolute atomic E-state index is 6.06. The number of hydrogen-bond acceptors (Lipinski definition) is 2. The van der Waals surface area contributed by atoms with Gasteiger partial charge in [0.05, 0.1) is 11.2 Å². The largest absolute Gasteiger partial charge is 0.338 e. The first-order chi connectivity index (χ1) is 13.1. The van der Waals surface area contributed by atoms with E-state index >= 15 is 0 Å². The zero-order chi connectivity index (χ0) is 19.0. The summed E-state index contributed by atoms with van der Waals surface area (Å²) in [4.78, 5) is 6.01. The van der Waals surface area contributed by atoms with Gasteiger partial charge < -0.3 is 4.57 Å². The number of thioether (sulfide) groups is 1. The zero-order valence-electron chi connectivity index (χ0n) is 15.7. The van der Waals surface area contributed by atoms with Crippen LogP contribution in [0.4, 0.5) is 0 Å². The van der Waals surface area contributed by atoms with E-state index in [9.17, 15) is 0 Å². The van der Waals surface area contributed by atoms with Gasteiger partial charge in [-0.05, 0) is 61.6 Å². The molecule has 136 valence electrons. The maximum Gasteiger partial charge on any atom is 0.0945 e. The van der Waals surface area contributed by atoms with E-state index in [1.54, 1.807) is 11.8 Å². The first-order valence-corrected chi connectivity index (χ1v) is 10.5. The summed E-state index contributed by atoms with van der Waals surface area (Å²) in [6.45, 7) is 5.18. The van der Waals surface area contributed by atoms with Gasteiger partial charge in [-0.1, -0.05) is 35.9 Å². The Kier molecular flexibility index (Phi) is 4.98. The monoisotopic (exact) mass is 392 g/mol. The number of benzene rings is 2. The van der Waals surface area contributed by atoms with Crippen LogP contribution in [-0.4, -0.2) is 15.8 Å². The molecule has 0 unspecified atom stereocenters. The third kappa shape index (κ3) is 3.38. The highest BCUT2D eigenvalue weighted by molar-refractivity contribution is 7.98. The molecule has 0 atom stereocenters. The second-order valence-electron chi connectivity index (χ2n) is 6.71. The molecule has 0 aliphatic carbocycles. The highest BCUT2D eigenvalue weighted by Gasteiger charge is 2.16. The minimum Gasteiger partial charge on any atom is -0.338 e. The lowest BCUT2D eigenvalue weighted by molar-refractivity contribution is 0.800. The van der Waals surface area contributed by atoms with Gasteiger partial charge in [-0.2, -0.15) is 0 Å². The summed E-state index contributed by atoms with van der Waals surface area (Å²) < 4.78 is 2.37. The number of rotatable bonds is 4. The summed E-state index contributed by atoms with van der Waals surface area (Å²) in [7, 11) is 0. The molecular weight excluding hydrogens is 372 g/mol. The van der Waals surface area contributed by atoms with Crippen molar-refractivity contribution in [2.45, 2.75) is 25.3 Å². The van der Waals surface area contributed by atoms with Gasteiger partial charge in [0.2, 0.25) is 0 Å². The molecule has 0 amide bonds. The molecule has 0 radical (unpaired) electrons. The fourth-order valence-electron chi connectivity index (χ4n) is 3.53. The molecule has 4 aromatic rings. The van der Waals surface area contributed by atoms with Crippen LogP contribution < -0.4 is 0 Å². The van der Waals surface area contributed by atoms with E-state index in [0.29, 0.717) is 0 Å².